The summed E-state index contributed by atoms with van der Waals surface area (Å²) < 4.78 is 44.0. The van der Waals surface area contributed by atoms with Crippen LogP contribution in [0.3, 0.4) is 0 Å². The molecule has 1 aliphatic heterocycles. The van der Waals surface area contributed by atoms with E-state index in [1.807, 2.05) is 56.3 Å². The lowest BCUT2D eigenvalue weighted by Crippen LogP contribution is -2.24. The highest BCUT2D eigenvalue weighted by atomic mass is 32.1. The molecule has 0 saturated carbocycles. The summed E-state index contributed by atoms with van der Waals surface area (Å²) in [7, 11) is 1.63. The zero-order valence-electron chi connectivity index (χ0n) is 21.5. The van der Waals surface area contributed by atoms with Crippen LogP contribution in [0.25, 0.3) is 0 Å². The first-order chi connectivity index (χ1) is 18.6. The van der Waals surface area contributed by atoms with E-state index in [1.165, 1.54) is 17.1 Å². The highest BCUT2D eigenvalue weighted by Crippen LogP contribution is 2.31. The highest BCUT2D eigenvalue weighted by Gasteiger charge is 2.30. The van der Waals surface area contributed by atoms with Crippen molar-refractivity contribution in [1.82, 2.24) is 5.43 Å². The van der Waals surface area contributed by atoms with Crippen molar-refractivity contribution in [2.24, 2.45) is 10.2 Å². The van der Waals surface area contributed by atoms with E-state index in [1.54, 1.807) is 19.5 Å². The van der Waals surface area contributed by atoms with Gasteiger partial charge in [0.25, 0.3) is 0 Å². The van der Waals surface area contributed by atoms with Crippen LogP contribution >= 0.6 is 12.2 Å². The number of benzene rings is 3. The van der Waals surface area contributed by atoms with Crippen LogP contribution in [0.5, 0.6) is 5.75 Å². The first-order valence-corrected chi connectivity index (χ1v) is 12.4. The quantitative estimate of drug-likeness (QED) is 0.151. The number of hydrogen-bond donors (Lipinski definition) is 2. The van der Waals surface area contributed by atoms with Gasteiger partial charge < -0.3 is 10.1 Å². The van der Waals surface area contributed by atoms with Gasteiger partial charge in [-0.05, 0) is 90.8 Å². The fourth-order valence-electron chi connectivity index (χ4n) is 3.90. The third-order valence-corrected chi connectivity index (χ3v) is 6.10. The maximum atomic E-state index is 12.9. The molecule has 1 aliphatic rings. The van der Waals surface area contributed by atoms with Crippen molar-refractivity contribution in [1.29, 1.82) is 0 Å². The van der Waals surface area contributed by atoms with Crippen molar-refractivity contribution in [2.45, 2.75) is 26.4 Å². The molecule has 10 heteroatoms. The van der Waals surface area contributed by atoms with Crippen LogP contribution in [-0.4, -0.2) is 24.1 Å². The number of nitrogens with one attached hydrogen (secondary N) is 2. The Morgan fingerprint density at radius 2 is 1.74 bits per heavy atom. The Labute approximate surface area is 230 Å². The molecule has 0 bridgehead atoms. The highest BCUT2D eigenvalue weighted by molar-refractivity contribution is 7.80. The van der Waals surface area contributed by atoms with Gasteiger partial charge in [-0.2, -0.15) is 23.4 Å². The standard InChI is InChI=1S/C29H26F3N5OS/c1-19-16-25(38-3)17-20(2)27(19)34-28(39)35-33-18-21-7-9-22(10-8-21)26-6-4-5-15-37(36-26)24-13-11-23(12-14-24)29(30,31)32/h4,7-18H,6H2,1-3H3,(H2,34,35,39)/b33-18+. The number of hydrogen-bond acceptors (Lipinski definition) is 5. The van der Waals surface area contributed by atoms with Crippen LogP contribution in [0.4, 0.5) is 24.5 Å². The van der Waals surface area contributed by atoms with Gasteiger partial charge in [0.15, 0.2) is 5.11 Å². The van der Waals surface area contributed by atoms with Crippen LogP contribution in [0.1, 0.15) is 34.2 Å². The number of halogens is 3. The number of rotatable bonds is 6. The summed E-state index contributed by atoms with van der Waals surface area (Å²) in [6.45, 7) is 3.94. The second-order valence-corrected chi connectivity index (χ2v) is 9.13. The van der Waals surface area contributed by atoms with Gasteiger partial charge in [-0.3, -0.25) is 5.43 Å². The molecule has 4 rings (SSSR count). The van der Waals surface area contributed by atoms with E-state index in [4.69, 9.17) is 17.0 Å². The molecule has 0 aromatic heterocycles. The average molecular weight is 550 g/mol. The number of anilines is 2. The van der Waals surface area contributed by atoms with Gasteiger partial charge in [-0.25, -0.2) is 5.01 Å². The van der Waals surface area contributed by atoms with Crippen molar-refractivity contribution < 1.29 is 17.9 Å². The molecule has 0 radical (unpaired) electrons. The van der Waals surface area contributed by atoms with E-state index in [9.17, 15) is 13.2 Å². The van der Waals surface area contributed by atoms with Crippen molar-refractivity contribution in [3.8, 4) is 5.75 Å². The number of hydrazone groups is 2. The molecule has 1 heterocycles. The van der Waals surface area contributed by atoms with Crippen molar-refractivity contribution in [3.05, 3.63) is 106 Å². The molecule has 0 saturated heterocycles. The molecule has 6 nitrogen and oxygen atoms in total. The van der Waals surface area contributed by atoms with Crippen molar-refractivity contribution >= 4 is 40.6 Å². The van der Waals surface area contributed by atoms with E-state index in [-0.39, 0.29) is 0 Å². The minimum Gasteiger partial charge on any atom is -0.497 e. The second kappa shape index (κ2) is 12.0. The van der Waals surface area contributed by atoms with Crippen LogP contribution in [0.2, 0.25) is 0 Å². The molecule has 0 fully saturated rings. The van der Waals surface area contributed by atoms with Crippen LogP contribution in [0.15, 0.2) is 88.9 Å². The first-order valence-electron chi connectivity index (χ1n) is 11.9. The van der Waals surface area contributed by atoms with Gasteiger partial charge in [0.05, 0.1) is 36.5 Å². The van der Waals surface area contributed by atoms with Crippen molar-refractivity contribution in [3.63, 3.8) is 0 Å². The maximum Gasteiger partial charge on any atom is 0.416 e. The largest absolute Gasteiger partial charge is 0.497 e. The Morgan fingerprint density at radius 1 is 1.08 bits per heavy atom. The van der Waals surface area contributed by atoms with Crippen LogP contribution < -0.4 is 20.5 Å². The zero-order valence-corrected chi connectivity index (χ0v) is 22.3. The van der Waals surface area contributed by atoms with Gasteiger partial charge in [0.1, 0.15) is 5.75 Å². The Bertz CT molecular complexity index is 1450. The number of alkyl halides is 3. The Hall–Kier alpha value is -4.40. The molecule has 3 aromatic carbocycles. The number of methoxy groups -OCH3 is 1. The Kier molecular flexibility index (Phi) is 8.49. The van der Waals surface area contributed by atoms with Gasteiger partial charge in [0, 0.05) is 12.1 Å². The number of nitrogens with zero attached hydrogens (tertiary/aromatic N) is 3. The molecule has 0 spiro atoms. The molecular formula is C29H26F3N5OS. The van der Waals surface area contributed by atoms with E-state index in [0.29, 0.717) is 17.2 Å². The minimum atomic E-state index is -4.39. The number of allylic oxidation sites excluding steroid dienone is 1. The molecule has 0 unspecified atom stereocenters. The van der Waals surface area contributed by atoms with Crippen LogP contribution in [0, 0.1) is 13.8 Å². The number of ether oxygens (including phenoxy) is 1. The number of thiocarbonyl (C=S) groups is 1. The Balaban J connectivity index is 1.40. The van der Waals surface area contributed by atoms with Gasteiger partial charge in [0.2, 0.25) is 0 Å². The molecule has 3 aromatic rings. The monoisotopic (exact) mass is 549 g/mol. The fraction of sp³-hybridized carbons (Fsp3) is 0.172. The normalized spacial score (nSPS) is 13.3. The van der Waals surface area contributed by atoms with E-state index in [0.717, 1.165) is 51.5 Å². The van der Waals surface area contributed by atoms with Gasteiger partial charge in [-0.1, -0.05) is 24.3 Å². The summed E-state index contributed by atoms with van der Waals surface area (Å²) in [4.78, 5) is 0. The fourth-order valence-corrected chi connectivity index (χ4v) is 4.05. The van der Waals surface area contributed by atoms with Crippen LogP contribution in [-0.2, 0) is 6.18 Å². The third-order valence-electron chi connectivity index (χ3n) is 5.90. The van der Waals surface area contributed by atoms with Crippen molar-refractivity contribution in [2.75, 3.05) is 17.4 Å². The minimum absolute atomic E-state index is 0.356. The molecule has 0 atom stereocenters. The molecule has 2 N–H and O–H groups in total. The first kappa shape index (κ1) is 27.6. The molecule has 0 amide bonds. The molecule has 0 aliphatic carbocycles. The average Bonchev–Trinajstić information content (AvgIpc) is 3.17. The van der Waals surface area contributed by atoms with Gasteiger partial charge in [-0.15, -0.1) is 5.73 Å². The third kappa shape index (κ3) is 7.13. The number of aryl methyl sites for hydroxylation is 2. The predicted molar refractivity (Wildman–Crippen MR) is 154 cm³/mol. The lowest BCUT2D eigenvalue weighted by molar-refractivity contribution is -0.137. The summed E-state index contributed by atoms with van der Waals surface area (Å²) in [5.41, 5.74) is 11.0. The summed E-state index contributed by atoms with van der Waals surface area (Å²) in [6.07, 6.45) is 1.19. The SMILES string of the molecule is COc1cc(C)c(NC(=S)N/N=C/c2ccc(C3=NN(c4ccc(C(F)(F)F)cc4)C=C=CC3)cc2)c(C)c1. The summed E-state index contributed by atoms with van der Waals surface area (Å²) in [6, 6.07) is 16.3. The Morgan fingerprint density at radius 3 is 2.36 bits per heavy atom. The molecule has 200 valence electrons. The lowest BCUT2D eigenvalue weighted by atomic mass is 10.1. The lowest BCUT2D eigenvalue weighted by Gasteiger charge is -2.16. The maximum absolute atomic E-state index is 12.9. The topological polar surface area (TPSA) is 61.2 Å². The molecule has 39 heavy (non-hydrogen) atoms. The second-order valence-electron chi connectivity index (χ2n) is 8.72. The smallest absolute Gasteiger partial charge is 0.416 e. The summed E-state index contributed by atoms with van der Waals surface area (Å²) in [5.74, 6) is 0.783. The van der Waals surface area contributed by atoms with E-state index < -0.39 is 11.7 Å². The molecular weight excluding hydrogens is 523 g/mol. The summed E-state index contributed by atoms with van der Waals surface area (Å²) >= 11 is 5.37. The summed E-state index contributed by atoms with van der Waals surface area (Å²) in [5, 5.41) is 13.9. The van der Waals surface area contributed by atoms with E-state index in [2.05, 4.69) is 26.7 Å². The van der Waals surface area contributed by atoms with E-state index >= 15 is 0 Å². The zero-order chi connectivity index (χ0) is 28.0. The van der Waals surface area contributed by atoms with Gasteiger partial charge >= 0.3 is 6.18 Å². The predicted octanol–water partition coefficient (Wildman–Crippen LogP) is 6.93.